The second-order valence-electron chi connectivity index (χ2n) is 8.20. The first-order valence-electron chi connectivity index (χ1n) is 9.48. The average Bonchev–Trinajstić information content (AvgIpc) is 2.85. The molecule has 3 rings (SSSR count). The summed E-state index contributed by atoms with van der Waals surface area (Å²) in [4.78, 5) is 24.0. The Kier molecular flexibility index (Phi) is 5.50. The summed E-state index contributed by atoms with van der Waals surface area (Å²) < 4.78 is 13.6. The highest BCUT2D eigenvalue weighted by Gasteiger charge is 2.51. The molecule has 1 saturated heterocycles. The Balaban J connectivity index is 1.57. The van der Waals surface area contributed by atoms with E-state index < -0.39 is 18.3 Å². The minimum absolute atomic E-state index is 0.0536. The Morgan fingerprint density at radius 2 is 1.68 bits per heavy atom. The molecule has 0 aliphatic carbocycles. The lowest BCUT2D eigenvalue weighted by molar-refractivity contribution is 0.00578. The summed E-state index contributed by atoms with van der Waals surface area (Å²) in [7, 11) is 1.27. The van der Waals surface area contributed by atoms with Crippen molar-refractivity contribution in [3.05, 3.63) is 64.1 Å². The van der Waals surface area contributed by atoms with E-state index in [0.29, 0.717) is 18.5 Å². The van der Waals surface area contributed by atoms with E-state index in [1.807, 2.05) is 45.9 Å². The smallest absolute Gasteiger partial charge is 0.399 e. The van der Waals surface area contributed by atoms with Crippen LogP contribution in [0.2, 0.25) is 0 Å². The second kappa shape index (κ2) is 7.56. The van der Waals surface area contributed by atoms with Crippen molar-refractivity contribution in [2.24, 2.45) is 7.05 Å². The number of hydrogen-bond acceptors (Lipinski definition) is 4. The van der Waals surface area contributed by atoms with E-state index in [1.54, 1.807) is 31.4 Å². The summed E-state index contributed by atoms with van der Waals surface area (Å²) in [6, 6.07) is 10.7. The monoisotopic (exact) mass is 382 g/mol. The standard InChI is InChI=1S/C21H27BN2O4/c1-20(2)21(3,4)28-22(27-20)17-8-6-16(7-9-17)19(26)23-12-10-15-11-13-24(5)18(25)14-15/h6-9,11,13-14H,10,12H2,1-5H3,(H,23,26). The van der Waals surface area contributed by atoms with Crippen LogP contribution in [0.4, 0.5) is 0 Å². The van der Waals surface area contributed by atoms with Crippen LogP contribution in [0.25, 0.3) is 0 Å². The maximum Gasteiger partial charge on any atom is 0.494 e. The van der Waals surface area contributed by atoms with Crippen LogP contribution in [0, 0.1) is 0 Å². The first kappa shape index (κ1) is 20.4. The van der Waals surface area contributed by atoms with Gasteiger partial charge in [0.2, 0.25) is 0 Å². The van der Waals surface area contributed by atoms with E-state index >= 15 is 0 Å². The first-order chi connectivity index (χ1) is 13.1. The van der Waals surface area contributed by atoms with E-state index in [4.69, 9.17) is 9.31 Å². The average molecular weight is 382 g/mol. The molecule has 2 heterocycles. The lowest BCUT2D eigenvalue weighted by atomic mass is 9.79. The van der Waals surface area contributed by atoms with Crippen molar-refractivity contribution in [3.63, 3.8) is 0 Å². The van der Waals surface area contributed by atoms with Gasteiger partial charge in [0.1, 0.15) is 0 Å². The van der Waals surface area contributed by atoms with Gasteiger partial charge in [0.25, 0.3) is 11.5 Å². The molecule has 0 saturated carbocycles. The Labute approximate surface area is 166 Å². The molecule has 1 fully saturated rings. The Morgan fingerprint density at radius 1 is 1.07 bits per heavy atom. The Morgan fingerprint density at radius 3 is 2.25 bits per heavy atom. The number of rotatable bonds is 5. The number of hydrogen-bond donors (Lipinski definition) is 1. The van der Waals surface area contributed by atoms with E-state index in [2.05, 4.69) is 5.32 Å². The SMILES string of the molecule is Cn1ccc(CCNC(=O)c2ccc(B3OC(C)(C)C(C)(C)O3)cc2)cc1=O. The number of amides is 1. The largest absolute Gasteiger partial charge is 0.494 e. The molecule has 1 aromatic carbocycles. The molecule has 1 aliphatic heterocycles. The number of benzene rings is 1. The highest BCUT2D eigenvalue weighted by atomic mass is 16.7. The lowest BCUT2D eigenvalue weighted by Crippen LogP contribution is -2.41. The summed E-state index contributed by atoms with van der Waals surface area (Å²) in [5.41, 5.74) is 1.51. The maximum atomic E-state index is 12.4. The van der Waals surface area contributed by atoms with Crippen molar-refractivity contribution in [3.8, 4) is 0 Å². The van der Waals surface area contributed by atoms with Crippen molar-refractivity contribution in [1.82, 2.24) is 9.88 Å². The van der Waals surface area contributed by atoms with Gasteiger partial charge in [-0.15, -0.1) is 0 Å². The van der Waals surface area contributed by atoms with E-state index in [1.165, 1.54) is 4.57 Å². The zero-order valence-electron chi connectivity index (χ0n) is 17.1. The molecular weight excluding hydrogens is 355 g/mol. The van der Waals surface area contributed by atoms with Crippen LogP contribution in [0.1, 0.15) is 43.6 Å². The second-order valence-corrected chi connectivity index (χ2v) is 8.20. The normalized spacial score (nSPS) is 17.5. The van der Waals surface area contributed by atoms with Crippen LogP contribution in [0.3, 0.4) is 0 Å². The molecule has 7 heteroatoms. The van der Waals surface area contributed by atoms with Gasteiger partial charge in [0.05, 0.1) is 11.2 Å². The molecule has 1 amide bonds. The summed E-state index contributed by atoms with van der Waals surface area (Å²) in [6.07, 6.45) is 2.34. The number of carbonyl (C=O) groups excluding carboxylic acids is 1. The van der Waals surface area contributed by atoms with Crippen molar-refractivity contribution in [2.75, 3.05) is 6.54 Å². The molecule has 1 aromatic heterocycles. The highest BCUT2D eigenvalue weighted by molar-refractivity contribution is 6.62. The minimum Gasteiger partial charge on any atom is -0.399 e. The first-order valence-corrected chi connectivity index (χ1v) is 9.48. The third-order valence-corrected chi connectivity index (χ3v) is 5.57. The van der Waals surface area contributed by atoms with Crippen LogP contribution < -0.4 is 16.3 Å². The molecule has 0 radical (unpaired) electrons. The fourth-order valence-electron chi connectivity index (χ4n) is 2.94. The zero-order chi connectivity index (χ0) is 20.5. The number of nitrogens with zero attached hydrogens (tertiary/aromatic N) is 1. The minimum atomic E-state index is -0.442. The van der Waals surface area contributed by atoms with Gasteiger partial charge in [-0.1, -0.05) is 12.1 Å². The zero-order valence-corrected chi connectivity index (χ0v) is 17.1. The third kappa shape index (κ3) is 4.21. The van der Waals surface area contributed by atoms with Crippen molar-refractivity contribution < 1.29 is 14.1 Å². The van der Waals surface area contributed by atoms with Gasteiger partial charge in [-0.25, -0.2) is 0 Å². The van der Waals surface area contributed by atoms with Crippen LogP contribution in [0.15, 0.2) is 47.4 Å². The number of aryl methyl sites for hydroxylation is 1. The number of carbonyl (C=O) groups is 1. The number of pyridine rings is 1. The van der Waals surface area contributed by atoms with Crippen LogP contribution in [-0.2, 0) is 22.8 Å². The molecule has 6 nitrogen and oxygen atoms in total. The van der Waals surface area contributed by atoms with Gasteiger partial charge in [-0.3, -0.25) is 9.59 Å². The molecular formula is C21H27BN2O4. The van der Waals surface area contributed by atoms with Crippen LogP contribution >= 0.6 is 0 Å². The van der Waals surface area contributed by atoms with E-state index in [9.17, 15) is 9.59 Å². The van der Waals surface area contributed by atoms with Gasteiger partial charge in [0.15, 0.2) is 0 Å². The maximum absolute atomic E-state index is 12.4. The fourth-order valence-corrected chi connectivity index (χ4v) is 2.94. The summed E-state index contributed by atoms with van der Waals surface area (Å²) in [5, 5.41) is 2.89. The molecule has 28 heavy (non-hydrogen) atoms. The van der Waals surface area contributed by atoms with Crippen molar-refractivity contribution >= 4 is 18.5 Å². The van der Waals surface area contributed by atoms with Gasteiger partial charge < -0.3 is 19.2 Å². The molecule has 0 spiro atoms. The lowest BCUT2D eigenvalue weighted by Gasteiger charge is -2.32. The molecule has 0 atom stereocenters. The predicted molar refractivity (Wildman–Crippen MR) is 110 cm³/mol. The molecule has 148 valence electrons. The summed E-state index contributed by atoms with van der Waals surface area (Å²) >= 11 is 0. The van der Waals surface area contributed by atoms with Gasteiger partial charge in [-0.2, -0.15) is 0 Å². The Bertz CT molecular complexity index is 903. The summed E-state index contributed by atoms with van der Waals surface area (Å²) in [5.74, 6) is -0.149. The molecule has 1 N–H and O–H groups in total. The predicted octanol–water partition coefficient (Wildman–Crippen LogP) is 1.66. The van der Waals surface area contributed by atoms with E-state index in [0.717, 1.165) is 11.0 Å². The molecule has 2 aromatic rings. The van der Waals surface area contributed by atoms with E-state index in [-0.39, 0.29) is 11.5 Å². The fraction of sp³-hybridized carbons (Fsp3) is 0.429. The third-order valence-electron chi connectivity index (χ3n) is 5.57. The number of nitrogens with one attached hydrogen (secondary N) is 1. The Hall–Kier alpha value is -2.38. The van der Waals surface area contributed by atoms with Gasteiger partial charge in [-0.05, 0) is 63.3 Å². The molecule has 1 aliphatic rings. The topological polar surface area (TPSA) is 69.6 Å². The number of aromatic nitrogens is 1. The van der Waals surface area contributed by atoms with Gasteiger partial charge in [0, 0.05) is 31.4 Å². The van der Waals surface area contributed by atoms with Crippen molar-refractivity contribution in [2.45, 2.75) is 45.3 Å². The van der Waals surface area contributed by atoms with Crippen molar-refractivity contribution in [1.29, 1.82) is 0 Å². The highest BCUT2D eigenvalue weighted by Crippen LogP contribution is 2.36. The summed E-state index contributed by atoms with van der Waals surface area (Å²) in [6.45, 7) is 8.51. The van der Waals surface area contributed by atoms with Crippen LogP contribution in [0.5, 0.6) is 0 Å². The molecule has 0 bridgehead atoms. The molecule has 0 unspecified atom stereocenters. The van der Waals surface area contributed by atoms with Crippen LogP contribution in [-0.4, -0.2) is 35.3 Å². The van der Waals surface area contributed by atoms with Gasteiger partial charge >= 0.3 is 7.12 Å². The quantitative estimate of drug-likeness (QED) is 0.799.